The molecule has 0 amide bonds. The lowest BCUT2D eigenvalue weighted by Crippen LogP contribution is -2.38. The van der Waals surface area contributed by atoms with Gasteiger partial charge in [0.25, 0.3) is 0 Å². The molecule has 0 atom stereocenters. The van der Waals surface area contributed by atoms with Gasteiger partial charge in [-0.15, -0.1) is 13.2 Å². The number of methoxy groups -OCH3 is 2. The Morgan fingerprint density at radius 2 is 1.61 bits per heavy atom. The molecule has 1 fully saturated rings. The summed E-state index contributed by atoms with van der Waals surface area (Å²) in [5, 5.41) is 4.66. The summed E-state index contributed by atoms with van der Waals surface area (Å²) >= 11 is 0. The molecule has 0 aliphatic carbocycles. The number of anilines is 1. The standard InChI is InChI=1S/C33H40F3N5O3/c1-42-27-16-25(17-28(18-27)43-2)39-24-8-12-40(13-9-24)20-22-4-7-32-30(14-22)31(21-41(32)11-3-10-37)29-6-5-26(15-23(29)19-38)44-33(34,35)36/h4-7,14-18,21,24,39H,3,8-13,19-20,37-38H2,1-2H3. The number of nitrogens with two attached hydrogens (primary N) is 2. The number of aromatic nitrogens is 1. The van der Waals surface area contributed by atoms with Gasteiger partial charge < -0.3 is 35.6 Å². The summed E-state index contributed by atoms with van der Waals surface area (Å²) in [6, 6.07) is 17.0. The zero-order valence-corrected chi connectivity index (χ0v) is 25.1. The van der Waals surface area contributed by atoms with Crippen LogP contribution < -0.4 is 31.0 Å². The van der Waals surface area contributed by atoms with Crippen LogP contribution in [0, 0.1) is 0 Å². The number of benzene rings is 3. The number of likely N-dealkylation sites (tertiary alicyclic amines) is 1. The molecule has 0 unspecified atom stereocenters. The van der Waals surface area contributed by atoms with Crippen molar-refractivity contribution in [2.24, 2.45) is 11.5 Å². The SMILES string of the molecule is COc1cc(NC2CCN(Cc3ccc4c(c3)c(-c3ccc(OC(F)(F)F)cc3CN)cn4CCCN)CC2)cc(OC)c1. The number of alkyl halides is 3. The first-order chi connectivity index (χ1) is 21.2. The van der Waals surface area contributed by atoms with Gasteiger partial charge in [0.05, 0.1) is 14.2 Å². The molecular formula is C33H40F3N5O3. The van der Waals surface area contributed by atoms with Crippen LogP contribution in [-0.4, -0.2) is 55.7 Å². The molecule has 4 aromatic rings. The molecule has 236 valence electrons. The number of piperidine rings is 1. The highest BCUT2D eigenvalue weighted by Gasteiger charge is 2.31. The van der Waals surface area contributed by atoms with Gasteiger partial charge in [0.2, 0.25) is 0 Å². The van der Waals surface area contributed by atoms with E-state index < -0.39 is 6.36 Å². The van der Waals surface area contributed by atoms with Gasteiger partial charge in [-0.3, -0.25) is 4.90 Å². The Morgan fingerprint density at radius 3 is 2.25 bits per heavy atom. The van der Waals surface area contributed by atoms with Crippen LogP contribution in [0.25, 0.3) is 22.0 Å². The second-order valence-corrected chi connectivity index (χ2v) is 11.1. The summed E-state index contributed by atoms with van der Waals surface area (Å²) in [5.41, 5.74) is 17.3. The Balaban J connectivity index is 1.34. The number of halogens is 3. The largest absolute Gasteiger partial charge is 0.573 e. The van der Waals surface area contributed by atoms with Crippen LogP contribution in [0.15, 0.2) is 60.8 Å². The Kier molecular flexibility index (Phi) is 9.87. The van der Waals surface area contributed by atoms with Crippen molar-refractivity contribution < 1.29 is 27.4 Å². The fourth-order valence-corrected chi connectivity index (χ4v) is 5.92. The monoisotopic (exact) mass is 611 g/mol. The lowest BCUT2D eigenvalue weighted by molar-refractivity contribution is -0.274. The fourth-order valence-electron chi connectivity index (χ4n) is 5.92. The van der Waals surface area contributed by atoms with E-state index >= 15 is 0 Å². The molecule has 1 saturated heterocycles. The van der Waals surface area contributed by atoms with E-state index in [0.717, 1.165) is 84.7 Å². The van der Waals surface area contributed by atoms with E-state index in [-0.39, 0.29) is 12.3 Å². The normalized spacial score (nSPS) is 14.6. The Bertz CT molecular complexity index is 1540. The average Bonchev–Trinajstić information content (AvgIpc) is 3.37. The molecule has 0 bridgehead atoms. The van der Waals surface area contributed by atoms with Crippen LogP contribution in [0.3, 0.4) is 0 Å². The smallest absolute Gasteiger partial charge is 0.497 e. The summed E-state index contributed by atoms with van der Waals surface area (Å²) in [6.07, 6.45) is 0.0727. The van der Waals surface area contributed by atoms with E-state index in [0.29, 0.717) is 18.2 Å². The molecule has 1 aromatic heterocycles. The molecule has 8 nitrogen and oxygen atoms in total. The van der Waals surface area contributed by atoms with Crippen molar-refractivity contribution >= 4 is 16.6 Å². The maximum absolute atomic E-state index is 12.9. The minimum Gasteiger partial charge on any atom is -0.497 e. The lowest BCUT2D eigenvalue weighted by atomic mass is 9.97. The Hall–Kier alpha value is -3.93. The van der Waals surface area contributed by atoms with E-state index in [9.17, 15) is 13.2 Å². The average molecular weight is 612 g/mol. The molecule has 5 rings (SSSR count). The molecule has 1 aliphatic heterocycles. The highest BCUT2D eigenvalue weighted by Crippen LogP contribution is 2.36. The summed E-state index contributed by atoms with van der Waals surface area (Å²) in [7, 11) is 3.29. The zero-order valence-electron chi connectivity index (χ0n) is 25.1. The minimum atomic E-state index is -4.77. The van der Waals surface area contributed by atoms with Gasteiger partial charge >= 0.3 is 6.36 Å². The maximum atomic E-state index is 12.9. The molecule has 44 heavy (non-hydrogen) atoms. The first-order valence-corrected chi connectivity index (χ1v) is 14.8. The number of rotatable bonds is 12. The molecule has 3 aromatic carbocycles. The van der Waals surface area contributed by atoms with Gasteiger partial charge in [0.15, 0.2) is 0 Å². The van der Waals surface area contributed by atoms with Crippen LogP contribution in [0.2, 0.25) is 0 Å². The van der Waals surface area contributed by atoms with Crippen molar-refractivity contribution in [3.05, 3.63) is 71.9 Å². The number of aryl methyl sites for hydroxylation is 1. The predicted molar refractivity (Wildman–Crippen MR) is 167 cm³/mol. The topological polar surface area (TPSA) is 99.9 Å². The summed E-state index contributed by atoms with van der Waals surface area (Å²) in [6.45, 7) is 4.05. The van der Waals surface area contributed by atoms with Gasteiger partial charge in [-0.1, -0.05) is 12.1 Å². The fraction of sp³-hybridized carbons (Fsp3) is 0.394. The van der Waals surface area contributed by atoms with Crippen molar-refractivity contribution in [3.63, 3.8) is 0 Å². The van der Waals surface area contributed by atoms with E-state index in [1.54, 1.807) is 20.3 Å². The maximum Gasteiger partial charge on any atom is 0.573 e. The van der Waals surface area contributed by atoms with Crippen molar-refractivity contribution in [1.82, 2.24) is 9.47 Å². The van der Waals surface area contributed by atoms with Crippen molar-refractivity contribution in [1.29, 1.82) is 0 Å². The number of nitrogens with zero attached hydrogens (tertiary/aromatic N) is 2. The van der Waals surface area contributed by atoms with Gasteiger partial charge in [0.1, 0.15) is 17.2 Å². The van der Waals surface area contributed by atoms with Crippen LogP contribution in [0.5, 0.6) is 17.2 Å². The molecule has 0 radical (unpaired) electrons. The third-order valence-electron chi connectivity index (χ3n) is 8.09. The van der Waals surface area contributed by atoms with E-state index in [1.807, 2.05) is 24.4 Å². The number of ether oxygens (including phenoxy) is 3. The molecule has 11 heteroatoms. The number of nitrogens with one attached hydrogen (secondary N) is 1. The van der Waals surface area contributed by atoms with Crippen molar-refractivity contribution in [3.8, 4) is 28.4 Å². The summed E-state index contributed by atoms with van der Waals surface area (Å²) in [4.78, 5) is 2.45. The quantitative estimate of drug-likeness (QED) is 0.178. The van der Waals surface area contributed by atoms with Gasteiger partial charge in [-0.25, -0.2) is 0 Å². The molecule has 0 saturated carbocycles. The lowest BCUT2D eigenvalue weighted by Gasteiger charge is -2.33. The second kappa shape index (κ2) is 13.8. The van der Waals surface area contributed by atoms with Crippen molar-refractivity contribution in [2.75, 3.05) is 39.2 Å². The zero-order chi connectivity index (χ0) is 31.3. The van der Waals surface area contributed by atoms with Crippen LogP contribution in [0.1, 0.15) is 30.4 Å². The minimum absolute atomic E-state index is 0.0745. The Labute approximate surface area is 255 Å². The van der Waals surface area contributed by atoms with Gasteiger partial charge in [-0.2, -0.15) is 0 Å². The molecule has 2 heterocycles. The molecule has 5 N–H and O–H groups in total. The number of hydrogen-bond acceptors (Lipinski definition) is 7. The van der Waals surface area contributed by atoms with Crippen LogP contribution in [0.4, 0.5) is 18.9 Å². The third kappa shape index (κ3) is 7.58. The van der Waals surface area contributed by atoms with E-state index in [1.165, 1.54) is 17.7 Å². The number of fused-ring (bicyclic) bond motifs is 1. The van der Waals surface area contributed by atoms with Gasteiger partial charge in [-0.05, 0) is 66.8 Å². The Morgan fingerprint density at radius 1 is 0.886 bits per heavy atom. The van der Waals surface area contributed by atoms with Crippen molar-refractivity contribution in [2.45, 2.75) is 51.3 Å². The van der Waals surface area contributed by atoms with Crippen LogP contribution in [-0.2, 0) is 19.6 Å². The summed E-state index contributed by atoms with van der Waals surface area (Å²) < 4.78 is 55.7. The predicted octanol–water partition coefficient (Wildman–Crippen LogP) is 6.11. The second-order valence-electron chi connectivity index (χ2n) is 11.1. The molecule has 0 spiro atoms. The van der Waals surface area contributed by atoms with E-state index in [4.69, 9.17) is 20.9 Å². The first kappa shape index (κ1) is 31.5. The van der Waals surface area contributed by atoms with E-state index in [2.05, 4.69) is 37.7 Å². The van der Waals surface area contributed by atoms with Crippen LogP contribution >= 0.6 is 0 Å². The number of hydrogen-bond donors (Lipinski definition) is 3. The molecular weight excluding hydrogens is 571 g/mol. The highest BCUT2D eigenvalue weighted by atomic mass is 19.4. The molecule has 1 aliphatic rings. The summed E-state index contributed by atoms with van der Waals surface area (Å²) in [5.74, 6) is 1.22. The third-order valence-corrected chi connectivity index (χ3v) is 8.09. The van der Waals surface area contributed by atoms with Gasteiger partial charge in [0, 0.05) is 85.3 Å². The first-order valence-electron chi connectivity index (χ1n) is 14.8. The highest BCUT2D eigenvalue weighted by molar-refractivity contribution is 5.97.